The molecule has 4 aliphatic rings. The summed E-state index contributed by atoms with van der Waals surface area (Å²) in [5.41, 5.74) is -31.2. The predicted octanol–water partition coefficient (Wildman–Crippen LogP) is 4.32. The predicted molar refractivity (Wildman–Crippen MR) is 61.8 cm³/mol. The number of carbonyl (C=O) groups is 1. The van der Waals surface area contributed by atoms with Crippen molar-refractivity contribution in [3.8, 4) is 0 Å². The molecule has 0 saturated heterocycles. The summed E-state index contributed by atoms with van der Waals surface area (Å²) in [6, 6.07) is 0. The van der Waals surface area contributed by atoms with Crippen LogP contribution >= 0.6 is 0 Å². The SMILES string of the molecule is O=C(C=CO)OC1(F)C2(F)C(F)(F)C3(F)C(F)(F)C(F)(C2(F)F)C(F)(F)C1(F)C3(F)F. The van der Waals surface area contributed by atoms with E-state index in [0.717, 1.165) is 0 Å². The zero-order chi connectivity index (χ0) is 24.7. The molecule has 4 rings (SSSR count). The molecule has 0 aromatic carbocycles. The van der Waals surface area contributed by atoms with Crippen LogP contribution in [0.25, 0.3) is 0 Å². The van der Waals surface area contributed by atoms with E-state index in [-0.39, 0.29) is 0 Å². The van der Waals surface area contributed by atoms with Crippen LogP contribution in [0.5, 0.6) is 0 Å². The molecule has 0 aromatic rings. The highest BCUT2D eigenvalue weighted by molar-refractivity contribution is 5.82. The van der Waals surface area contributed by atoms with Crippen molar-refractivity contribution < 1.29 is 80.5 Å². The smallest absolute Gasteiger partial charge is 0.343 e. The maximum atomic E-state index is 15.0. The lowest BCUT2D eigenvalue weighted by Gasteiger charge is -2.73. The number of rotatable bonds is 2. The van der Waals surface area contributed by atoms with Crippen molar-refractivity contribution >= 4 is 5.97 Å². The van der Waals surface area contributed by atoms with Gasteiger partial charge in [-0.1, -0.05) is 0 Å². The molecule has 18 heteroatoms. The quantitative estimate of drug-likeness (QED) is 0.271. The minimum absolute atomic E-state index is 0.633. The molecule has 0 unspecified atom stereocenters. The number of hydrogen-bond acceptors (Lipinski definition) is 3. The van der Waals surface area contributed by atoms with Crippen LogP contribution in [-0.2, 0) is 9.53 Å². The van der Waals surface area contributed by atoms with Gasteiger partial charge in [0.05, 0.1) is 12.3 Å². The van der Waals surface area contributed by atoms with E-state index < -0.39 is 76.4 Å². The fourth-order valence-corrected chi connectivity index (χ4v) is 4.18. The van der Waals surface area contributed by atoms with Gasteiger partial charge in [0.25, 0.3) is 0 Å². The number of halogens is 15. The van der Waals surface area contributed by atoms with E-state index in [4.69, 9.17) is 5.11 Å². The lowest BCUT2D eigenvalue weighted by molar-refractivity contribution is -0.613. The first-order valence-corrected chi connectivity index (χ1v) is 7.33. The maximum Gasteiger partial charge on any atom is 0.343 e. The zero-order valence-corrected chi connectivity index (χ0v) is 13.6. The number of hydrogen-bond donors (Lipinski definition) is 1. The van der Waals surface area contributed by atoms with Crippen molar-refractivity contribution in [2.75, 3.05) is 0 Å². The number of aliphatic hydroxyl groups is 1. The third kappa shape index (κ3) is 1.45. The normalized spacial score (nSPS) is 49.9. The molecule has 0 atom stereocenters. The second-order valence-electron chi connectivity index (χ2n) is 6.84. The minimum Gasteiger partial charge on any atom is -0.515 e. The Labute approximate surface area is 158 Å². The third-order valence-electron chi connectivity index (χ3n) is 5.66. The van der Waals surface area contributed by atoms with E-state index in [9.17, 15) is 70.7 Å². The number of carbonyl (C=O) groups excluding carboxylic acids is 1. The van der Waals surface area contributed by atoms with Gasteiger partial charge in [0.2, 0.25) is 0 Å². The van der Waals surface area contributed by atoms with E-state index in [1.165, 1.54) is 0 Å². The van der Waals surface area contributed by atoms with Gasteiger partial charge in [0.15, 0.2) is 0 Å². The number of aliphatic hydroxyl groups excluding tert-OH is 1. The Hall–Kier alpha value is -2.04. The van der Waals surface area contributed by atoms with Gasteiger partial charge in [-0.05, 0) is 0 Å². The molecule has 178 valence electrons. The van der Waals surface area contributed by atoms with Crippen LogP contribution in [0.1, 0.15) is 0 Å². The van der Waals surface area contributed by atoms with Gasteiger partial charge < -0.3 is 9.84 Å². The molecule has 0 radical (unpaired) electrons. The molecule has 0 spiro atoms. The zero-order valence-electron chi connectivity index (χ0n) is 13.6. The van der Waals surface area contributed by atoms with Crippen LogP contribution < -0.4 is 0 Å². The summed E-state index contributed by atoms with van der Waals surface area (Å²) in [6.45, 7) is 0. The molecule has 0 aromatic heterocycles. The standard InChI is InChI=1S/C13H3F15O3/c14-4-8(18,19)5(15)11(24,25)6(16,9(4,20)21)13(28,31-3(30)1-2-29)7(17,10(4,22)23)12(5,26)27/h1-2,29H. The first-order valence-electron chi connectivity index (χ1n) is 7.33. The monoisotopic (exact) mass is 492 g/mol. The van der Waals surface area contributed by atoms with Crippen molar-refractivity contribution in [1.82, 2.24) is 0 Å². The summed E-state index contributed by atoms with van der Waals surface area (Å²) in [6.07, 6.45) is -1.37. The molecule has 4 saturated carbocycles. The van der Waals surface area contributed by atoms with E-state index in [0.29, 0.717) is 0 Å². The van der Waals surface area contributed by atoms with Gasteiger partial charge >= 0.3 is 64.1 Å². The Morgan fingerprint density at radius 3 is 1.06 bits per heavy atom. The van der Waals surface area contributed by atoms with Gasteiger partial charge in [-0.25, -0.2) is 22.4 Å². The molecular weight excluding hydrogens is 489 g/mol. The largest absolute Gasteiger partial charge is 0.515 e. The highest BCUT2D eigenvalue weighted by atomic mass is 19.3. The molecular formula is C13H3F15O3. The molecule has 4 fully saturated rings. The molecule has 4 aliphatic carbocycles. The summed E-state index contributed by atoms with van der Waals surface area (Å²) in [5, 5.41) is 8.19. The highest BCUT2D eigenvalue weighted by Crippen LogP contribution is 2.88. The van der Waals surface area contributed by atoms with Gasteiger partial charge in [-0.15, -0.1) is 0 Å². The second-order valence-corrected chi connectivity index (χ2v) is 6.84. The topological polar surface area (TPSA) is 46.5 Å². The lowest BCUT2D eigenvalue weighted by atomic mass is 9.40. The van der Waals surface area contributed by atoms with Gasteiger partial charge in [0.1, 0.15) is 0 Å². The van der Waals surface area contributed by atoms with E-state index in [2.05, 4.69) is 4.74 Å². The average molecular weight is 492 g/mol. The highest BCUT2D eigenvalue weighted by Gasteiger charge is 3.24. The lowest BCUT2D eigenvalue weighted by Crippen LogP contribution is -3.09. The molecule has 1 N–H and O–H groups in total. The number of alkyl halides is 15. The van der Waals surface area contributed by atoms with Crippen LogP contribution in [0.4, 0.5) is 65.9 Å². The van der Waals surface area contributed by atoms with E-state index in [1.807, 2.05) is 0 Å². The van der Waals surface area contributed by atoms with Gasteiger partial charge in [0, 0.05) is 0 Å². The van der Waals surface area contributed by atoms with Crippen LogP contribution in [0.15, 0.2) is 12.3 Å². The van der Waals surface area contributed by atoms with Crippen LogP contribution in [0.3, 0.4) is 0 Å². The number of esters is 1. The Bertz CT molecular complexity index is 807. The molecule has 31 heavy (non-hydrogen) atoms. The average Bonchev–Trinajstić information content (AvgIpc) is 2.60. The van der Waals surface area contributed by atoms with Crippen molar-refractivity contribution in [1.29, 1.82) is 0 Å². The molecule has 0 amide bonds. The van der Waals surface area contributed by atoms with Crippen molar-refractivity contribution in [3.63, 3.8) is 0 Å². The summed E-state index contributed by atoms with van der Waals surface area (Å²) in [4.78, 5) is 11.1. The van der Waals surface area contributed by atoms with Crippen molar-refractivity contribution in [2.45, 2.75) is 58.1 Å². The molecule has 4 bridgehead atoms. The fourth-order valence-electron chi connectivity index (χ4n) is 4.18. The molecule has 0 heterocycles. The Morgan fingerprint density at radius 1 is 0.548 bits per heavy atom. The Kier molecular flexibility index (Phi) is 3.79. The Morgan fingerprint density at radius 2 is 0.806 bits per heavy atom. The van der Waals surface area contributed by atoms with Crippen LogP contribution in [-0.4, -0.2) is 69.2 Å². The Balaban J connectivity index is 2.64. The summed E-state index contributed by atoms with van der Waals surface area (Å²) in [7, 11) is 0. The van der Waals surface area contributed by atoms with Crippen LogP contribution in [0.2, 0.25) is 0 Å². The fraction of sp³-hybridized carbons (Fsp3) is 0.769. The second kappa shape index (κ2) is 4.97. The summed E-state index contributed by atoms with van der Waals surface area (Å²) >= 11 is 0. The van der Waals surface area contributed by atoms with Gasteiger partial charge in [-0.3, -0.25) is 0 Å². The molecule has 0 aliphatic heterocycles. The minimum atomic E-state index is -7.96. The summed E-state index contributed by atoms with van der Waals surface area (Å²) < 4.78 is 218. The third-order valence-corrected chi connectivity index (χ3v) is 5.66. The van der Waals surface area contributed by atoms with E-state index in [1.54, 1.807) is 0 Å². The van der Waals surface area contributed by atoms with Crippen molar-refractivity contribution in [3.05, 3.63) is 12.3 Å². The molecule has 3 nitrogen and oxygen atoms in total. The van der Waals surface area contributed by atoms with E-state index >= 15 is 0 Å². The van der Waals surface area contributed by atoms with Crippen LogP contribution in [0, 0.1) is 0 Å². The van der Waals surface area contributed by atoms with Crippen molar-refractivity contribution in [2.24, 2.45) is 0 Å². The number of ether oxygens (including phenoxy) is 1. The van der Waals surface area contributed by atoms with Gasteiger partial charge in [-0.2, -0.15) is 48.3 Å². The first kappa shape index (κ1) is 23.6. The summed E-state index contributed by atoms with van der Waals surface area (Å²) in [5.74, 6) is -50.1. The maximum absolute atomic E-state index is 15.0. The first-order chi connectivity index (χ1) is 13.5.